The third-order valence-electron chi connectivity index (χ3n) is 5.77. The molecule has 0 saturated carbocycles. The van der Waals surface area contributed by atoms with Gasteiger partial charge in [0.2, 0.25) is 0 Å². The van der Waals surface area contributed by atoms with E-state index in [1.54, 1.807) is 16.2 Å². The monoisotopic (exact) mass is 383 g/mol. The first kappa shape index (κ1) is 18.9. The van der Waals surface area contributed by atoms with Gasteiger partial charge in [-0.15, -0.1) is 11.3 Å². The summed E-state index contributed by atoms with van der Waals surface area (Å²) in [5, 5.41) is 0. The molecule has 4 nitrogen and oxygen atoms in total. The fourth-order valence-corrected chi connectivity index (χ4v) is 6.99. The lowest BCUT2D eigenvalue weighted by atomic mass is 9.72. The highest BCUT2D eigenvalue weighted by molar-refractivity contribution is 7.91. The van der Waals surface area contributed by atoms with Crippen molar-refractivity contribution in [2.24, 2.45) is 11.3 Å². The number of fused-ring (bicyclic) bond motifs is 1. The Kier molecular flexibility index (Phi) is 5.06. The van der Waals surface area contributed by atoms with Crippen molar-refractivity contribution < 1.29 is 13.2 Å². The molecule has 1 amide bonds. The van der Waals surface area contributed by atoms with Crippen LogP contribution in [0.3, 0.4) is 0 Å². The lowest BCUT2D eigenvalue weighted by Crippen LogP contribution is -2.40. The Morgan fingerprint density at radius 3 is 2.60 bits per heavy atom. The number of hydrogen-bond acceptors (Lipinski definition) is 4. The first-order valence-corrected chi connectivity index (χ1v) is 11.9. The smallest absolute Gasteiger partial charge is 0.264 e. The number of amides is 1. The molecular weight excluding hydrogens is 354 g/mol. The molecule has 0 N–H and O–H groups in total. The van der Waals surface area contributed by atoms with Crippen LogP contribution in [0.15, 0.2) is 6.07 Å². The largest absolute Gasteiger partial charge is 0.334 e. The molecule has 1 aliphatic heterocycles. The van der Waals surface area contributed by atoms with Gasteiger partial charge in [0.15, 0.2) is 9.84 Å². The van der Waals surface area contributed by atoms with Crippen LogP contribution in [-0.4, -0.2) is 43.3 Å². The minimum absolute atomic E-state index is 0.0105. The van der Waals surface area contributed by atoms with Gasteiger partial charge in [0, 0.05) is 17.5 Å². The molecular formula is C19H29NO3S2. The number of thiophene rings is 1. The number of nitrogens with zero attached hydrogens (tertiary/aromatic N) is 1. The fourth-order valence-electron chi connectivity index (χ4n) is 4.10. The third-order valence-corrected chi connectivity index (χ3v) is 8.74. The van der Waals surface area contributed by atoms with Crippen molar-refractivity contribution in [2.45, 2.75) is 59.4 Å². The standard InChI is InChI=1S/C19H29NO3S2/c1-5-20(15-8-9-25(22,23)12-15)18(21)17-11-13-10-14(19(2,3)4)6-7-16(13)24-17/h11,14-15H,5-10,12H2,1-4H3. The van der Waals surface area contributed by atoms with E-state index in [-0.39, 0.29) is 28.9 Å². The van der Waals surface area contributed by atoms with E-state index < -0.39 is 9.84 Å². The summed E-state index contributed by atoms with van der Waals surface area (Å²) < 4.78 is 23.5. The zero-order valence-corrected chi connectivity index (χ0v) is 17.3. The summed E-state index contributed by atoms with van der Waals surface area (Å²) in [6, 6.07) is 1.91. The Labute approximate surface area is 155 Å². The second kappa shape index (κ2) is 6.69. The van der Waals surface area contributed by atoms with Crippen LogP contribution in [0.25, 0.3) is 0 Å². The van der Waals surface area contributed by atoms with Crippen LogP contribution >= 0.6 is 11.3 Å². The molecule has 1 aromatic heterocycles. The van der Waals surface area contributed by atoms with Gasteiger partial charge in [-0.3, -0.25) is 4.79 Å². The molecule has 1 saturated heterocycles. The predicted octanol–water partition coefficient (Wildman–Crippen LogP) is 3.55. The zero-order valence-electron chi connectivity index (χ0n) is 15.7. The van der Waals surface area contributed by atoms with Crippen LogP contribution in [-0.2, 0) is 22.7 Å². The minimum atomic E-state index is -2.98. The molecule has 0 radical (unpaired) electrons. The van der Waals surface area contributed by atoms with Gasteiger partial charge in [-0.1, -0.05) is 20.8 Å². The van der Waals surface area contributed by atoms with Gasteiger partial charge in [-0.25, -0.2) is 8.42 Å². The maximum absolute atomic E-state index is 13.0. The van der Waals surface area contributed by atoms with Crippen LogP contribution in [0.1, 0.15) is 60.6 Å². The molecule has 2 atom stereocenters. The molecule has 1 fully saturated rings. The topological polar surface area (TPSA) is 54.5 Å². The maximum Gasteiger partial charge on any atom is 0.264 e. The quantitative estimate of drug-likeness (QED) is 0.802. The number of aryl methyl sites for hydroxylation is 1. The lowest BCUT2D eigenvalue weighted by molar-refractivity contribution is 0.0713. The van der Waals surface area contributed by atoms with Crippen molar-refractivity contribution in [3.05, 3.63) is 21.4 Å². The number of carbonyl (C=O) groups is 1. The summed E-state index contributed by atoms with van der Waals surface area (Å²) in [7, 11) is -2.98. The Hall–Kier alpha value is -0.880. The van der Waals surface area contributed by atoms with Crippen molar-refractivity contribution in [1.82, 2.24) is 4.90 Å². The van der Waals surface area contributed by atoms with Crippen molar-refractivity contribution in [2.75, 3.05) is 18.1 Å². The lowest BCUT2D eigenvalue weighted by Gasteiger charge is -2.33. The fraction of sp³-hybridized carbons (Fsp3) is 0.737. The average molecular weight is 384 g/mol. The summed E-state index contributed by atoms with van der Waals surface area (Å²) >= 11 is 1.62. The van der Waals surface area contributed by atoms with Gasteiger partial charge < -0.3 is 4.90 Å². The Morgan fingerprint density at radius 2 is 2.04 bits per heavy atom. The Balaban J connectivity index is 1.78. The van der Waals surface area contributed by atoms with E-state index in [1.165, 1.54) is 16.9 Å². The van der Waals surface area contributed by atoms with E-state index in [9.17, 15) is 13.2 Å². The molecule has 140 valence electrons. The van der Waals surface area contributed by atoms with E-state index >= 15 is 0 Å². The number of sulfone groups is 1. The van der Waals surface area contributed by atoms with Gasteiger partial charge in [-0.05, 0) is 55.6 Å². The van der Waals surface area contributed by atoms with Gasteiger partial charge >= 0.3 is 0 Å². The summed E-state index contributed by atoms with van der Waals surface area (Å²) in [5.74, 6) is 0.982. The summed E-state index contributed by atoms with van der Waals surface area (Å²) in [6.45, 7) is 9.37. The van der Waals surface area contributed by atoms with E-state index in [1.807, 2.05) is 6.92 Å². The van der Waals surface area contributed by atoms with Crippen LogP contribution in [0, 0.1) is 11.3 Å². The maximum atomic E-state index is 13.0. The van der Waals surface area contributed by atoms with E-state index in [0.717, 1.165) is 17.7 Å². The first-order valence-electron chi connectivity index (χ1n) is 9.23. The van der Waals surface area contributed by atoms with Crippen molar-refractivity contribution in [3.63, 3.8) is 0 Å². The van der Waals surface area contributed by atoms with Gasteiger partial charge in [0.05, 0.1) is 16.4 Å². The number of carbonyl (C=O) groups excluding carboxylic acids is 1. The minimum Gasteiger partial charge on any atom is -0.334 e. The van der Waals surface area contributed by atoms with Crippen molar-refractivity contribution in [1.29, 1.82) is 0 Å². The molecule has 0 aromatic carbocycles. The molecule has 6 heteroatoms. The van der Waals surface area contributed by atoms with Crippen molar-refractivity contribution >= 4 is 27.1 Å². The SMILES string of the molecule is CCN(C(=O)c1cc2c(s1)CCC(C(C)(C)C)C2)C1CCS(=O)(=O)C1. The van der Waals surface area contributed by atoms with Gasteiger partial charge in [0.1, 0.15) is 0 Å². The van der Waals surface area contributed by atoms with Gasteiger partial charge in [0.25, 0.3) is 5.91 Å². The number of hydrogen-bond donors (Lipinski definition) is 0. The second-order valence-corrected chi connectivity index (χ2v) is 11.9. The summed E-state index contributed by atoms with van der Waals surface area (Å²) in [6.07, 6.45) is 3.85. The second-order valence-electron chi connectivity index (χ2n) is 8.51. The van der Waals surface area contributed by atoms with E-state index in [2.05, 4.69) is 26.8 Å². The van der Waals surface area contributed by atoms with Gasteiger partial charge in [-0.2, -0.15) is 0 Å². The highest BCUT2D eigenvalue weighted by Crippen LogP contribution is 2.40. The highest BCUT2D eigenvalue weighted by Gasteiger charge is 2.36. The average Bonchev–Trinajstić information content (AvgIpc) is 3.09. The molecule has 0 spiro atoms. The molecule has 2 heterocycles. The van der Waals surface area contributed by atoms with E-state index in [0.29, 0.717) is 18.9 Å². The van der Waals surface area contributed by atoms with Crippen LogP contribution in [0.5, 0.6) is 0 Å². The zero-order chi connectivity index (χ0) is 18.4. The molecule has 3 rings (SSSR count). The molecule has 1 aliphatic carbocycles. The molecule has 2 unspecified atom stereocenters. The third kappa shape index (κ3) is 3.95. The molecule has 25 heavy (non-hydrogen) atoms. The summed E-state index contributed by atoms with van der Waals surface area (Å²) in [4.78, 5) is 16.9. The first-order chi connectivity index (χ1) is 11.6. The molecule has 1 aromatic rings. The predicted molar refractivity (Wildman–Crippen MR) is 103 cm³/mol. The van der Waals surface area contributed by atoms with Crippen LogP contribution < -0.4 is 0 Å². The Bertz CT molecular complexity index is 758. The highest BCUT2D eigenvalue weighted by atomic mass is 32.2. The normalized spacial score (nSPS) is 25.6. The van der Waals surface area contributed by atoms with E-state index in [4.69, 9.17) is 0 Å². The molecule has 0 bridgehead atoms. The summed E-state index contributed by atoms with van der Waals surface area (Å²) in [5.41, 5.74) is 1.62. The van der Waals surface area contributed by atoms with Crippen molar-refractivity contribution in [3.8, 4) is 0 Å². The van der Waals surface area contributed by atoms with Crippen LogP contribution in [0.4, 0.5) is 0 Å². The molecule has 2 aliphatic rings. The Morgan fingerprint density at radius 1 is 1.32 bits per heavy atom. The number of rotatable bonds is 3. The van der Waals surface area contributed by atoms with Crippen LogP contribution in [0.2, 0.25) is 0 Å².